The average Bonchev–Trinajstić information content (AvgIpc) is 2.78. The molecule has 0 heterocycles. The summed E-state index contributed by atoms with van der Waals surface area (Å²) in [6.07, 6.45) is 2.34. The van der Waals surface area contributed by atoms with Gasteiger partial charge in [-0.25, -0.2) is 0 Å². The zero-order chi connectivity index (χ0) is 23.5. The minimum atomic E-state index is -1.20. The highest BCUT2D eigenvalue weighted by Crippen LogP contribution is 2.41. The second-order valence-electron chi connectivity index (χ2n) is 8.53. The van der Waals surface area contributed by atoms with E-state index < -0.39 is 28.8 Å². The Morgan fingerprint density at radius 1 is 1.09 bits per heavy atom. The van der Waals surface area contributed by atoms with Gasteiger partial charge in [0.2, 0.25) is 6.10 Å². The van der Waals surface area contributed by atoms with Crippen LogP contribution in [0, 0.1) is 27.9 Å². The topological polar surface area (TPSA) is 116 Å². The van der Waals surface area contributed by atoms with Crippen LogP contribution in [0.5, 0.6) is 0 Å². The molecule has 2 aromatic carbocycles. The van der Waals surface area contributed by atoms with E-state index in [1.165, 1.54) is 18.2 Å². The van der Waals surface area contributed by atoms with E-state index in [-0.39, 0.29) is 23.3 Å². The Hall–Kier alpha value is -3.07. The van der Waals surface area contributed by atoms with Crippen molar-refractivity contribution in [3.05, 3.63) is 68.7 Å². The van der Waals surface area contributed by atoms with Crippen molar-refractivity contribution in [2.45, 2.75) is 38.2 Å². The number of fused-ring (bicyclic) bond motifs is 2. The van der Waals surface area contributed by atoms with Crippen molar-refractivity contribution < 1.29 is 24.0 Å². The summed E-state index contributed by atoms with van der Waals surface area (Å²) in [5.41, 5.74) is 0.706. The number of nitro benzene ring substituents is 1. The van der Waals surface area contributed by atoms with Crippen molar-refractivity contribution in [1.82, 2.24) is 0 Å². The Morgan fingerprint density at radius 3 is 2.36 bits per heavy atom. The van der Waals surface area contributed by atoms with Crippen LogP contribution < -0.4 is 5.32 Å². The number of anilines is 1. The van der Waals surface area contributed by atoms with Gasteiger partial charge in [-0.15, -0.1) is 0 Å². The summed E-state index contributed by atoms with van der Waals surface area (Å²) in [7, 11) is 0. The number of halogens is 1. The molecular weight excluding hydrogens is 492 g/mol. The summed E-state index contributed by atoms with van der Waals surface area (Å²) in [6, 6.07) is 12.7. The summed E-state index contributed by atoms with van der Waals surface area (Å²) in [5.74, 6) is -1.42. The molecule has 2 fully saturated rings. The molecule has 8 nitrogen and oxygen atoms in total. The minimum absolute atomic E-state index is 0.102. The summed E-state index contributed by atoms with van der Waals surface area (Å²) in [5, 5.41) is 13.7. The van der Waals surface area contributed by atoms with Crippen molar-refractivity contribution in [3.63, 3.8) is 0 Å². The number of amides is 1. The molecule has 9 heteroatoms. The van der Waals surface area contributed by atoms with Gasteiger partial charge >= 0.3 is 5.97 Å². The molecule has 0 saturated heterocycles. The van der Waals surface area contributed by atoms with Gasteiger partial charge in [0.15, 0.2) is 0 Å². The molecule has 1 unspecified atom stereocenters. The van der Waals surface area contributed by atoms with Crippen LogP contribution in [-0.2, 0) is 19.1 Å². The average molecular weight is 515 g/mol. The van der Waals surface area contributed by atoms with Crippen molar-refractivity contribution in [3.8, 4) is 0 Å². The number of nitro groups is 1. The number of non-ortho nitro benzene ring substituents is 1. The van der Waals surface area contributed by atoms with Crippen molar-refractivity contribution in [1.29, 1.82) is 0 Å². The highest BCUT2D eigenvalue weighted by atomic mass is 79.9. The molecule has 0 spiro atoms. The number of rotatable bonds is 6. The van der Waals surface area contributed by atoms with Crippen LogP contribution in [0.2, 0.25) is 0 Å². The SMILES string of the molecule is O=C(O[C@@H](C(=O)Nc1ccc([N+](=O)[O-])cc1Br)c1ccccc1)C1C[C@H]2CCC[C@@H](C1)C2=O. The third-order valence-electron chi connectivity index (χ3n) is 6.38. The maximum absolute atomic E-state index is 13.2. The van der Waals surface area contributed by atoms with Crippen LogP contribution in [0.4, 0.5) is 11.4 Å². The molecule has 2 aliphatic carbocycles. The zero-order valence-corrected chi connectivity index (χ0v) is 19.3. The van der Waals surface area contributed by atoms with Gasteiger partial charge in [-0.2, -0.15) is 0 Å². The zero-order valence-electron chi connectivity index (χ0n) is 17.7. The molecule has 2 aliphatic rings. The number of ether oxygens (including phenoxy) is 1. The van der Waals surface area contributed by atoms with E-state index in [1.807, 2.05) is 0 Å². The molecule has 0 radical (unpaired) electrons. The lowest BCUT2D eigenvalue weighted by atomic mass is 9.67. The lowest BCUT2D eigenvalue weighted by Gasteiger charge is -2.36. The number of esters is 1. The van der Waals surface area contributed by atoms with Gasteiger partial charge in [-0.05, 0) is 47.7 Å². The van der Waals surface area contributed by atoms with E-state index in [2.05, 4.69) is 21.2 Å². The quantitative estimate of drug-likeness (QED) is 0.330. The van der Waals surface area contributed by atoms with Crippen LogP contribution in [-0.4, -0.2) is 22.6 Å². The number of hydrogen-bond donors (Lipinski definition) is 1. The largest absolute Gasteiger partial charge is 0.447 e. The smallest absolute Gasteiger partial charge is 0.310 e. The van der Waals surface area contributed by atoms with Crippen LogP contribution in [0.1, 0.15) is 43.8 Å². The number of carbonyl (C=O) groups is 3. The minimum Gasteiger partial charge on any atom is -0.447 e. The lowest BCUT2D eigenvalue weighted by Crippen LogP contribution is -2.40. The molecule has 33 heavy (non-hydrogen) atoms. The van der Waals surface area contributed by atoms with Crippen molar-refractivity contribution in [2.75, 3.05) is 5.32 Å². The Labute approximate surface area is 199 Å². The van der Waals surface area contributed by atoms with E-state index in [1.54, 1.807) is 30.3 Å². The van der Waals surface area contributed by atoms with Crippen molar-refractivity contribution >= 4 is 45.0 Å². The van der Waals surface area contributed by atoms with Crippen LogP contribution in [0.3, 0.4) is 0 Å². The van der Waals surface area contributed by atoms with Gasteiger partial charge in [0.25, 0.3) is 11.6 Å². The molecule has 2 saturated carbocycles. The first-order valence-corrected chi connectivity index (χ1v) is 11.7. The van der Waals surface area contributed by atoms with Gasteiger partial charge in [0, 0.05) is 34.0 Å². The monoisotopic (exact) mass is 514 g/mol. The third-order valence-corrected chi connectivity index (χ3v) is 7.03. The van der Waals surface area contributed by atoms with Crippen molar-refractivity contribution in [2.24, 2.45) is 17.8 Å². The van der Waals surface area contributed by atoms with Gasteiger partial charge in [0.1, 0.15) is 5.78 Å². The van der Waals surface area contributed by atoms with Gasteiger partial charge < -0.3 is 10.1 Å². The second kappa shape index (κ2) is 9.82. The summed E-state index contributed by atoms with van der Waals surface area (Å²) >= 11 is 3.24. The molecule has 4 atom stereocenters. The lowest BCUT2D eigenvalue weighted by molar-refractivity contribution is -0.384. The Balaban J connectivity index is 1.52. The first-order chi connectivity index (χ1) is 15.8. The number of ketones is 1. The van der Waals surface area contributed by atoms with Gasteiger partial charge in [0.05, 0.1) is 16.5 Å². The molecule has 172 valence electrons. The molecule has 0 aliphatic heterocycles. The van der Waals surface area contributed by atoms with E-state index in [9.17, 15) is 24.5 Å². The molecule has 1 amide bonds. The van der Waals surface area contributed by atoms with Crippen LogP contribution in [0.15, 0.2) is 53.0 Å². The third kappa shape index (κ3) is 5.13. The van der Waals surface area contributed by atoms with E-state index >= 15 is 0 Å². The first kappa shape index (κ1) is 23.1. The first-order valence-electron chi connectivity index (χ1n) is 10.9. The molecular formula is C24H23BrN2O6. The fourth-order valence-electron chi connectivity index (χ4n) is 4.70. The highest BCUT2D eigenvalue weighted by molar-refractivity contribution is 9.10. The predicted molar refractivity (Wildman–Crippen MR) is 123 cm³/mol. The number of carbonyl (C=O) groups excluding carboxylic acids is 3. The van der Waals surface area contributed by atoms with Gasteiger partial charge in [-0.1, -0.05) is 36.8 Å². The number of nitrogens with zero attached hydrogens (tertiary/aromatic N) is 1. The van der Waals surface area contributed by atoms with Gasteiger partial charge in [-0.3, -0.25) is 24.5 Å². The maximum atomic E-state index is 13.2. The Morgan fingerprint density at radius 2 is 1.76 bits per heavy atom. The summed E-state index contributed by atoms with van der Waals surface area (Å²) < 4.78 is 6.06. The second-order valence-corrected chi connectivity index (χ2v) is 9.39. The summed E-state index contributed by atoms with van der Waals surface area (Å²) in [6.45, 7) is 0. The standard InChI is InChI=1S/C24H23BrN2O6/c25-19-13-18(27(31)32)9-10-20(19)26-23(29)22(14-5-2-1-3-6-14)33-24(30)17-11-15-7-4-8-16(12-17)21(15)28/h1-3,5-6,9-10,13,15-17,22H,4,7-8,11-12H2,(H,26,29)/t15-,16+,17?,22-/m1/s1. The summed E-state index contributed by atoms with van der Waals surface area (Å²) in [4.78, 5) is 49.0. The molecule has 2 bridgehead atoms. The maximum Gasteiger partial charge on any atom is 0.310 e. The van der Waals surface area contributed by atoms with Crippen LogP contribution in [0.25, 0.3) is 0 Å². The Bertz CT molecular complexity index is 1070. The fourth-order valence-corrected chi connectivity index (χ4v) is 5.17. The Kier molecular flexibility index (Phi) is 6.88. The molecule has 0 aromatic heterocycles. The molecule has 4 rings (SSSR count). The fraction of sp³-hybridized carbons (Fsp3) is 0.375. The highest BCUT2D eigenvalue weighted by Gasteiger charge is 2.42. The number of hydrogen-bond acceptors (Lipinski definition) is 6. The predicted octanol–water partition coefficient (Wildman–Crippen LogP) is 4.98. The number of nitrogens with one attached hydrogen (secondary N) is 1. The van der Waals surface area contributed by atoms with E-state index in [0.29, 0.717) is 28.6 Å². The van der Waals surface area contributed by atoms with E-state index in [4.69, 9.17) is 4.74 Å². The molecule has 1 N–H and O–H groups in total. The normalized spacial score (nSPS) is 22.8. The van der Waals surface area contributed by atoms with Crippen LogP contribution >= 0.6 is 15.9 Å². The number of Topliss-reactive ketones (excluding diaryl/α,β-unsaturated/α-hetero) is 1. The number of benzene rings is 2. The van der Waals surface area contributed by atoms with E-state index in [0.717, 1.165) is 19.3 Å². The molecule has 2 aromatic rings.